The minimum Gasteiger partial charge on any atom is -0.265 e. The Bertz CT molecular complexity index is 794. The van der Waals surface area contributed by atoms with Crippen LogP contribution < -0.4 is 5.06 Å². The minimum atomic E-state index is 0.0500. The zero-order chi connectivity index (χ0) is 16.9. The van der Waals surface area contributed by atoms with Crippen LogP contribution in [0.2, 0.25) is 5.02 Å². The van der Waals surface area contributed by atoms with Crippen molar-refractivity contribution >= 4 is 23.4 Å². The molecule has 0 amide bonds. The summed E-state index contributed by atoms with van der Waals surface area (Å²) < 4.78 is 0. The van der Waals surface area contributed by atoms with E-state index in [1.54, 1.807) is 0 Å². The van der Waals surface area contributed by atoms with E-state index in [-0.39, 0.29) is 11.5 Å². The zero-order valence-electron chi connectivity index (χ0n) is 14.3. The molecule has 2 aliphatic rings. The fourth-order valence-electron chi connectivity index (χ4n) is 3.80. The number of halogens is 1. The van der Waals surface area contributed by atoms with Gasteiger partial charge < -0.3 is 0 Å². The van der Waals surface area contributed by atoms with Gasteiger partial charge in [-0.15, -0.1) is 0 Å². The molecular formula is C21H22ClNO. The second kappa shape index (κ2) is 5.65. The molecule has 124 valence electrons. The summed E-state index contributed by atoms with van der Waals surface area (Å²) in [5, 5.41) is 2.90. The molecule has 2 unspecified atom stereocenters. The van der Waals surface area contributed by atoms with Gasteiger partial charge in [-0.3, -0.25) is 4.84 Å². The van der Waals surface area contributed by atoms with E-state index in [4.69, 9.17) is 16.4 Å². The average molecular weight is 340 g/mol. The molecule has 1 fully saturated rings. The van der Waals surface area contributed by atoms with Gasteiger partial charge in [0.1, 0.15) is 6.10 Å². The first-order valence-electron chi connectivity index (χ1n) is 8.45. The summed E-state index contributed by atoms with van der Waals surface area (Å²) in [7, 11) is 0. The van der Waals surface area contributed by atoms with E-state index in [9.17, 15) is 0 Å². The molecule has 2 atom stereocenters. The normalized spacial score (nSPS) is 24.4. The predicted octanol–water partition coefficient (Wildman–Crippen LogP) is 5.43. The van der Waals surface area contributed by atoms with Crippen molar-refractivity contribution in [2.75, 3.05) is 5.06 Å². The van der Waals surface area contributed by atoms with E-state index >= 15 is 0 Å². The van der Waals surface area contributed by atoms with Crippen molar-refractivity contribution in [1.82, 2.24) is 0 Å². The van der Waals surface area contributed by atoms with E-state index in [0.717, 1.165) is 17.0 Å². The Kier molecular flexibility index (Phi) is 3.70. The Hall–Kier alpha value is -1.77. The Labute approximate surface area is 148 Å². The Morgan fingerprint density at radius 2 is 1.92 bits per heavy atom. The van der Waals surface area contributed by atoms with Crippen molar-refractivity contribution in [3.8, 4) is 0 Å². The third-order valence-electron chi connectivity index (χ3n) is 5.46. The van der Waals surface area contributed by atoms with Crippen LogP contribution in [0, 0.1) is 12.3 Å². The van der Waals surface area contributed by atoms with Crippen LogP contribution in [0.15, 0.2) is 48.5 Å². The Morgan fingerprint density at radius 3 is 2.67 bits per heavy atom. The van der Waals surface area contributed by atoms with E-state index in [1.165, 1.54) is 16.8 Å². The fraction of sp³-hybridized carbons (Fsp3) is 0.333. The molecule has 2 nitrogen and oxygen atoms in total. The summed E-state index contributed by atoms with van der Waals surface area (Å²) >= 11 is 5.95. The number of anilines is 1. The lowest BCUT2D eigenvalue weighted by Gasteiger charge is -2.26. The summed E-state index contributed by atoms with van der Waals surface area (Å²) in [5.74, 6) is 0. The number of nitrogens with zero attached hydrogens (tertiary/aromatic N) is 1. The van der Waals surface area contributed by atoms with Crippen LogP contribution in [0.25, 0.3) is 6.08 Å². The van der Waals surface area contributed by atoms with Gasteiger partial charge in [-0.1, -0.05) is 61.9 Å². The second-order valence-corrected chi connectivity index (χ2v) is 7.81. The number of benzene rings is 2. The largest absolute Gasteiger partial charge is 0.265 e. The lowest BCUT2D eigenvalue weighted by molar-refractivity contribution is 0.0849. The highest BCUT2D eigenvalue weighted by Crippen LogP contribution is 2.49. The highest BCUT2D eigenvalue weighted by molar-refractivity contribution is 6.30. The molecule has 0 bridgehead atoms. The van der Waals surface area contributed by atoms with Gasteiger partial charge >= 0.3 is 0 Å². The van der Waals surface area contributed by atoms with Crippen molar-refractivity contribution < 1.29 is 4.84 Å². The van der Waals surface area contributed by atoms with Gasteiger partial charge in [-0.25, -0.2) is 5.06 Å². The number of hydrogen-bond acceptors (Lipinski definition) is 2. The molecule has 0 saturated carbocycles. The average Bonchev–Trinajstić information content (AvgIpc) is 3.04. The SMILES string of the molecule is Cc1cccc2c1CC1N2OC(C=Cc2ccc(Cl)cc2)C1(C)C. The number of hydroxylamine groups is 1. The molecule has 3 heteroatoms. The van der Waals surface area contributed by atoms with Crippen LogP contribution in [0.1, 0.15) is 30.5 Å². The molecule has 1 saturated heterocycles. The number of rotatable bonds is 2. The van der Waals surface area contributed by atoms with E-state index in [1.807, 2.05) is 24.3 Å². The Balaban J connectivity index is 1.60. The van der Waals surface area contributed by atoms with Crippen LogP contribution in [-0.2, 0) is 11.3 Å². The maximum atomic E-state index is 6.35. The van der Waals surface area contributed by atoms with Crippen molar-refractivity contribution in [2.45, 2.75) is 39.3 Å². The first-order chi connectivity index (χ1) is 11.5. The van der Waals surface area contributed by atoms with Gasteiger partial charge in [0.25, 0.3) is 0 Å². The van der Waals surface area contributed by atoms with Gasteiger partial charge in [-0.05, 0) is 48.2 Å². The standard InChI is InChI=1S/C21H22ClNO/c1-14-5-4-6-18-17(14)13-19-21(2,3)20(24-23(18)19)12-9-15-7-10-16(22)11-8-15/h4-12,19-20H,13H2,1-3H3. The molecule has 0 spiro atoms. The van der Waals surface area contributed by atoms with Crippen molar-refractivity contribution in [3.05, 3.63) is 70.3 Å². The molecule has 2 aromatic rings. The second-order valence-electron chi connectivity index (χ2n) is 7.38. The quantitative estimate of drug-likeness (QED) is 0.723. The minimum absolute atomic E-state index is 0.0500. The molecule has 0 aromatic heterocycles. The first-order valence-corrected chi connectivity index (χ1v) is 8.83. The maximum absolute atomic E-state index is 6.35. The van der Waals surface area contributed by atoms with Gasteiger partial charge in [0.05, 0.1) is 11.7 Å². The fourth-order valence-corrected chi connectivity index (χ4v) is 3.93. The van der Waals surface area contributed by atoms with Gasteiger partial charge in [-0.2, -0.15) is 0 Å². The first kappa shape index (κ1) is 15.7. The van der Waals surface area contributed by atoms with E-state index in [2.05, 4.69) is 56.2 Å². The third kappa shape index (κ3) is 2.45. The smallest absolute Gasteiger partial charge is 0.111 e. The van der Waals surface area contributed by atoms with Crippen LogP contribution in [0.3, 0.4) is 0 Å². The van der Waals surface area contributed by atoms with Crippen molar-refractivity contribution in [1.29, 1.82) is 0 Å². The molecular weight excluding hydrogens is 318 g/mol. The molecule has 0 aliphatic carbocycles. The molecule has 2 aliphatic heterocycles. The summed E-state index contributed by atoms with van der Waals surface area (Å²) in [4.78, 5) is 6.35. The van der Waals surface area contributed by atoms with E-state index < -0.39 is 0 Å². The summed E-state index contributed by atoms with van der Waals surface area (Å²) in [5.41, 5.74) is 5.21. The van der Waals surface area contributed by atoms with Crippen molar-refractivity contribution in [2.24, 2.45) is 5.41 Å². The highest BCUT2D eigenvalue weighted by atomic mass is 35.5. The lowest BCUT2D eigenvalue weighted by Crippen LogP contribution is -2.36. The molecule has 2 heterocycles. The third-order valence-corrected chi connectivity index (χ3v) is 5.71. The number of hydrogen-bond donors (Lipinski definition) is 0. The summed E-state index contributed by atoms with van der Waals surface area (Å²) in [6.07, 6.45) is 5.42. The van der Waals surface area contributed by atoms with Crippen LogP contribution >= 0.6 is 11.6 Å². The van der Waals surface area contributed by atoms with Gasteiger partial charge in [0, 0.05) is 10.4 Å². The highest BCUT2D eigenvalue weighted by Gasteiger charge is 2.52. The lowest BCUT2D eigenvalue weighted by atomic mass is 9.78. The van der Waals surface area contributed by atoms with Crippen LogP contribution in [0.4, 0.5) is 5.69 Å². The maximum Gasteiger partial charge on any atom is 0.111 e. The molecule has 24 heavy (non-hydrogen) atoms. The van der Waals surface area contributed by atoms with Crippen LogP contribution in [0.5, 0.6) is 0 Å². The molecule has 0 N–H and O–H groups in total. The van der Waals surface area contributed by atoms with E-state index in [0.29, 0.717) is 6.04 Å². The predicted molar refractivity (Wildman–Crippen MR) is 100 cm³/mol. The zero-order valence-corrected chi connectivity index (χ0v) is 15.0. The number of fused-ring (bicyclic) bond motifs is 3. The summed E-state index contributed by atoms with van der Waals surface area (Å²) in [6, 6.07) is 14.7. The monoisotopic (exact) mass is 339 g/mol. The van der Waals surface area contributed by atoms with Gasteiger partial charge in [0.15, 0.2) is 0 Å². The molecule has 0 radical (unpaired) electrons. The van der Waals surface area contributed by atoms with Crippen LogP contribution in [-0.4, -0.2) is 12.1 Å². The van der Waals surface area contributed by atoms with Crippen molar-refractivity contribution in [3.63, 3.8) is 0 Å². The number of aryl methyl sites for hydroxylation is 1. The summed E-state index contributed by atoms with van der Waals surface area (Å²) in [6.45, 7) is 6.79. The molecule has 4 rings (SSSR count). The molecule has 2 aromatic carbocycles. The topological polar surface area (TPSA) is 12.5 Å². The Morgan fingerprint density at radius 1 is 1.17 bits per heavy atom. The van der Waals surface area contributed by atoms with Gasteiger partial charge in [0.2, 0.25) is 0 Å².